The smallest absolute Gasteiger partial charge is 0.333 e. The summed E-state index contributed by atoms with van der Waals surface area (Å²) >= 11 is 0. The lowest BCUT2D eigenvalue weighted by molar-refractivity contribution is -0.140. The van der Waals surface area contributed by atoms with Gasteiger partial charge >= 0.3 is 6.55 Å². The van der Waals surface area contributed by atoms with Crippen molar-refractivity contribution in [2.75, 3.05) is 12.8 Å². The highest BCUT2D eigenvalue weighted by Crippen LogP contribution is 2.29. The summed E-state index contributed by atoms with van der Waals surface area (Å²) in [5, 5.41) is 21.5. The summed E-state index contributed by atoms with van der Waals surface area (Å²) in [7, 11) is 3.22. The number of halogens is 2. The predicted molar refractivity (Wildman–Crippen MR) is 142 cm³/mol. The molecule has 0 atom stereocenters. The first kappa shape index (κ1) is 26.2. The summed E-state index contributed by atoms with van der Waals surface area (Å²) in [5.41, 5.74) is 9.23. The Morgan fingerprint density at radius 1 is 1.10 bits per heavy atom. The van der Waals surface area contributed by atoms with Gasteiger partial charge in [0.1, 0.15) is 5.82 Å². The minimum atomic E-state index is -2.79. The van der Waals surface area contributed by atoms with Crippen LogP contribution in [0.3, 0.4) is 0 Å². The molecule has 3 aromatic heterocycles. The summed E-state index contributed by atoms with van der Waals surface area (Å²) in [6, 6.07) is 11.8. The molecule has 5 aromatic rings. The van der Waals surface area contributed by atoms with Crippen molar-refractivity contribution in [1.29, 1.82) is 5.26 Å². The van der Waals surface area contributed by atoms with Gasteiger partial charge in [0, 0.05) is 43.7 Å². The number of rotatable bonds is 5. The van der Waals surface area contributed by atoms with Gasteiger partial charge in [0.05, 0.1) is 47.0 Å². The van der Waals surface area contributed by atoms with Crippen molar-refractivity contribution in [1.82, 2.24) is 34.6 Å². The van der Waals surface area contributed by atoms with Crippen LogP contribution in [0.4, 0.5) is 14.6 Å². The molecule has 2 N–H and O–H groups in total. The number of nitriles is 1. The number of aryl methyl sites for hydroxylation is 1. The monoisotopic (exact) mass is 543 g/mol. The fraction of sp³-hybridized carbons (Fsp3) is 0.185. The third-order valence-electron chi connectivity index (χ3n) is 6.69. The van der Waals surface area contributed by atoms with Crippen LogP contribution < -0.4 is 5.73 Å². The standard InChI is InChI=1S/C27H23F2N9O2/c1-15(39)36(3)38(14-18-5-4-16(8-19(18)10-30)20-11-33-37(13-20)27(28)29)26(40)17-6-7-23-21(9-17)24-22(25(31)34-23)12-32-35(24)2/h4-9,11-13,27H,14H2,1-3H3,(H2,31,34). The molecule has 0 aliphatic carbocycles. The number of nitrogens with zero attached hydrogens (tertiary/aromatic N) is 8. The second kappa shape index (κ2) is 10.1. The highest BCUT2D eigenvalue weighted by Gasteiger charge is 2.25. The summed E-state index contributed by atoms with van der Waals surface area (Å²) in [6.07, 6.45) is 4.07. The molecule has 0 aliphatic heterocycles. The Morgan fingerprint density at radius 3 is 2.55 bits per heavy atom. The Kier molecular flexibility index (Phi) is 6.60. The van der Waals surface area contributed by atoms with Crippen LogP contribution in [0.25, 0.3) is 32.9 Å². The van der Waals surface area contributed by atoms with E-state index < -0.39 is 18.4 Å². The number of carbonyl (C=O) groups excluding carboxylic acids is 2. The maximum Gasteiger partial charge on any atom is 0.333 e. The molecule has 0 fully saturated rings. The Labute approximate surface area is 226 Å². The number of aromatic nitrogens is 5. The fourth-order valence-electron chi connectivity index (χ4n) is 4.48. The average molecular weight is 544 g/mol. The number of nitrogens with two attached hydrogens (primary N) is 1. The first-order chi connectivity index (χ1) is 19.1. The minimum Gasteiger partial charge on any atom is -0.383 e. The molecular weight excluding hydrogens is 520 g/mol. The zero-order valence-corrected chi connectivity index (χ0v) is 21.7. The number of alkyl halides is 2. The van der Waals surface area contributed by atoms with Gasteiger partial charge < -0.3 is 5.73 Å². The molecule has 11 nitrogen and oxygen atoms in total. The van der Waals surface area contributed by atoms with Gasteiger partial charge in [-0.25, -0.2) is 14.7 Å². The van der Waals surface area contributed by atoms with Gasteiger partial charge in [0.25, 0.3) is 5.91 Å². The number of hydrogen-bond acceptors (Lipinski definition) is 7. The van der Waals surface area contributed by atoms with Gasteiger partial charge in [-0.05, 0) is 35.4 Å². The van der Waals surface area contributed by atoms with Gasteiger partial charge in [-0.2, -0.15) is 24.2 Å². The van der Waals surface area contributed by atoms with Crippen LogP contribution in [0, 0.1) is 11.3 Å². The highest BCUT2D eigenvalue weighted by molar-refractivity contribution is 6.10. The lowest BCUT2D eigenvalue weighted by Crippen LogP contribution is -2.46. The third-order valence-corrected chi connectivity index (χ3v) is 6.69. The van der Waals surface area contributed by atoms with E-state index in [4.69, 9.17) is 5.73 Å². The lowest BCUT2D eigenvalue weighted by atomic mass is 10.0. The molecule has 5 rings (SSSR count). The number of hydrazine groups is 1. The number of hydrogen-bond donors (Lipinski definition) is 1. The van der Waals surface area contributed by atoms with Crippen LogP contribution in [0.2, 0.25) is 0 Å². The van der Waals surface area contributed by atoms with E-state index in [9.17, 15) is 23.6 Å². The zero-order chi connectivity index (χ0) is 28.7. The molecule has 0 spiro atoms. The van der Waals surface area contributed by atoms with Crippen molar-refractivity contribution >= 4 is 39.4 Å². The number of anilines is 1. The number of carbonyl (C=O) groups is 2. The van der Waals surface area contributed by atoms with Gasteiger partial charge in [0.2, 0.25) is 5.91 Å². The van der Waals surface area contributed by atoms with E-state index in [0.29, 0.717) is 49.0 Å². The Morgan fingerprint density at radius 2 is 1.88 bits per heavy atom. The molecule has 0 radical (unpaired) electrons. The summed E-state index contributed by atoms with van der Waals surface area (Å²) in [6.45, 7) is -1.57. The van der Waals surface area contributed by atoms with Crippen LogP contribution in [0.5, 0.6) is 0 Å². The maximum atomic E-state index is 13.8. The van der Waals surface area contributed by atoms with E-state index >= 15 is 0 Å². The van der Waals surface area contributed by atoms with Crippen molar-refractivity contribution in [3.63, 3.8) is 0 Å². The predicted octanol–water partition coefficient (Wildman–Crippen LogP) is 3.87. The molecule has 2 amide bonds. The molecule has 40 heavy (non-hydrogen) atoms. The number of nitrogen functional groups attached to an aromatic ring is 1. The lowest BCUT2D eigenvalue weighted by Gasteiger charge is -2.31. The summed E-state index contributed by atoms with van der Waals surface area (Å²) in [4.78, 5) is 30.6. The molecule has 0 saturated heterocycles. The first-order valence-corrected chi connectivity index (χ1v) is 12.0. The van der Waals surface area contributed by atoms with E-state index in [1.165, 1.54) is 42.4 Å². The second-order valence-electron chi connectivity index (χ2n) is 9.14. The third kappa shape index (κ3) is 4.55. The second-order valence-corrected chi connectivity index (χ2v) is 9.14. The molecule has 0 saturated carbocycles. The molecule has 0 unspecified atom stereocenters. The zero-order valence-electron chi connectivity index (χ0n) is 21.7. The molecule has 13 heteroatoms. The van der Waals surface area contributed by atoms with E-state index in [1.807, 2.05) is 0 Å². The van der Waals surface area contributed by atoms with Crippen molar-refractivity contribution in [3.05, 3.63) is 71.7 Å². The Balaban J connectivity index is 1.53. The van der Waals surface area contributed by atoms with Crippen molar-refractivity contribution in [2.45, 2.75) is 20.0 Å². The minimum absolute atomic E-state index is 0.104. The number of amides is 2. The maximum absolute atomic E-state index is 13.8. The molecule has 0 bridgehead atoms. The molecule has 202 valence electrons. The van der Waals surface area contributed by atoms with Crippen LogP contribution in [-0.2, 0) is 18.4 Å². The van der Waals surface area contributed by atoms with Gasteiger partial charge in [0.15, 0.2) is 0 Å². The van der Waals surface area contributed by atoms with E-state index in [0.717, 1.165) is 0 Å². The summed E-state index contributed by atoms with van der Waals surface area (Å²) in [5.74, 6) is -0.563. The van der Waals surface area contributed by atoms with Gasteiger partial charge in [-0.1, -0.05) is 12.1 Å². The van der Waals surface area contributed by atoms with Crippen LogP contribution in [0.15, 0.2) is 55.0 Å². The van der Waals surface area contributed by atoms with Crippen molar-refractivity contribution in [2.24, 2.45) is 7.05 Å². The topological polar surface area (TPSA) is 139 Å². The van der Waals surface area contributed by atoms with Gasteiger partial charge in [-0.3, -0.25) is 19.3 Å². The largest absolute Gasteiger partial charge is 0.383 e. The van der Waals surface area contributed by atoms with E-state index in [1.54, 1.807) is 48.3 Å². The van der Waals surface area contributed by atoms with Crippen molar-refractivity contribution < 1.29 is 18.4 Å². The molecule has 3 heterocycles. The van der Waals surface area contributed by atoms with Crippen LogP contribution >= 0.6 is 0 Å². The SMILES string of the molecule is CC(=O)N(C)N(Cc1ccc(-c2cnn(C(F)F)c2)cc1C#N)C(=O)c1ccc2nc(N)c3cnn(C)c3c2c1. The van der Waals surface area contributed by atoms with Crippen LogP contribution in [-0.4, -0.2) is 53.4 Å². The Bertz CT molecular complexity index is 1840. The fourth-order valence-corrected chi connectivity index (χ4v) is 4.48. The molecule has 0 aliphatic rings. The van der Waals surface area contributed by atoms with E-state index in [2.05, 4.69) is 21.3 Å². The number of fused-ring (bicyclic) bond motifs is 3. The molecule has 2 aromatic carbocycles. The highest BCUT2D eigenvalue weighted by atomic mass is 19.3. The first-order valence-electron chi connectivity index (χ1n) is 12.0. The van der Waals surface area contributed by atoms with Crippen molar-refractivity contribution in [3.8, 4) is 17.2 Å². The quantitative estimate of drug-likeness (QED) is 0.332. The molecular formula is C27H23F2N9O2. The number of benzene rings is 2. The van der Waals surface area contributed by atoms with Crippen LogP contribution in [0.1, 0.15) is 35.0 Å². The average Bonchev–Trinajstić information content (AvgIpc) is 3.59. The number of pyridine rings is 1. The van der Waals surface area contributed by atoms with E-state index in [-0.39, 0.29) is 17.7 Å². The Hall–Kier alpha value is -5.38. The normalized spacial score (nSPS) is 11.2. The summed E-state index contributed by atoms with van der Waals surface area (Å²) < 4.78 is 28.1. The van der Waals surface area contributed by atoms with Gasteiger partial charge in [-0.15, -0.1) is 0 Å².